The van der Waals surface area contributed by atoms with E-state index in [-0.39, 0.29) is 0 Å². The van der Waals surface area contributed by atoms with Crippen molar-refractivity contribution in [2.45, 2.75) is 53.6 Å². The van der Waals surface area contributed by atoms with E-state index >= 15 is 0 Å². The van der Waals surface area contributed by atoms with Crippen LogP contribution >= 0.6 is 0 Å². The van der Waals surface area contributed by atoms with Crippen LogP contribution in [0.3, 0.4) is 0 Å². The average molecular weight is 501 g/mol. The molecule has 0 unspecified atom stereocenters. The highest BCUT2D eigenvalue weighted by Crippen LogP contribution is 2.65. The summed E-state index contributed by atoms with van der Waals surface area (Å²) in [5, 5.41) is 0. The van der Waals surface area contributed by atoms with Crippen molar-refractivity contribution in [2.75, 3.05) is 0 Å². The molecule has 0 atom stereocenters. The highest BCUT2D eigenvalue weighted by Gasteiger charge is 2.96. The van der Waals surface area contributed by atoms with Crippen molar-refractivity contribution in [1.29, 1.82) is 0 Å². The van der Waals surface area contributed by atoms with E-state index in [0.717, 1.165) is 0 Å². The van der Waals surface area contributed by atoms with Crippen molar-refractivity contribution in [2.24, 2.45) is 0 Å². The Hall–Kier alpha value is -1.40. The van der Waals surface area contributed by atoms with E-state index in [1.807, 2.05) is 0 Å². The van der Waals surface area contributed by atoms with Crippen LogP contribution in [0.4, 0.5) is 87.8 Å². The SMILES string of the molecule is F[CH]C(F)(F)C(F)(F)C(F)(F)C(F)(F)C(F)(F)C(F)(F)C(F)(F)C(F)(F)C(F)(F)F. The summed E-state index contributed by atoms with van der Waals surface area (Å²) < 4.78 is 252. The molecule has 0 saturated heterocycles. The molecule has 20 heteroatoms. The predicted molar refractivity (Wildman–Crippen MR) is 51.0 cm³/mol. The van der Waals surface area contributed by atoms with Gasteiger partial charge >= 0.3 is 53.6 Å². The number of hydrogen-bond acceptors (Lipinski definition) is 0. The van der Waals surface area contributed by atoms with Gasteiger partial charge in [-0.3, -0.25) is 0 Å². The minimum absolute atomic E-state index is 2.83. The van der Waals surface area contributed by atoms with Crippen LogP contribution in [0, 0.1) is 6.67 Å². The van der Waals surface area contributed by atoms with Gasteiger partial charge in [-0.1, -0.05) is 0 Å². The molecule has 1 radical (unpaired) electrons. The summed E-state index contributed by atoms with van der Waals surface area (Å²) in [6.07, 6.45) is -7.92. The molecule has 0 heterocycles. The van der Waals surface area contributed by atoms with Crippen LogP contribution < -0.4 is 0 Å². The van der Waals surface area contributed by atoms with Gasteiger partial charge in [0, 0.05) is 0 Å². The molecule has 0 amide bonds. The second-order valence-electron chi connectivity index (χ2n) is 5.25. The molecule has 0 aromatic rings. The molecule has 0 aliphatic carbocycles. The molecule has 0 spiro atoms. The first-order valence-electron chi connectivity index (χ1n) is 6.10. The molecule has 0 N–H and O–H groups in total. The van der Waals surface area contributed by atoms with Crippen LogP contribution in [0.15, 0.2) is 0 Å². The van der Waals surface area contributed by atoms with Gasteiger partial charge in [0.15, 0.2) is 0 Å². The third kappa shape index (κ3) is 3.22. The first-order valence-corrected chi connectivity index (χ1v) is 6.10. The maximum absolute atomic E-state index is 13.1. The maximum atomic E-state index is 13.1. The first-order chi connectivity index (χ1) is 12.6. The Labute approximate surface area is 149 Å². The van der Waals surface area contributed by atoms with Gasteiger partial charge in [0.1, 0.15) is 0 Å². The monoisotopic (exact) mass is 501 g/mol. The lowest BCUT2D eigenvalue weighted by Crippen LogP contribution is -2.75. The Bertz CT molecular complexity index is 622. The summed E-state index contributed by atoms with van der Waals surface area (Å²) >= 11 is 0. The van der Waals surface area contributed by atoms with E-state index in [2.05, 4.69) is 0 Å². The standard InChI is InChI=1S/C10HF20/c11-1-2(12,13)3(14,15)4(16,17)5(18,19)6(20,21)7(22,23)8(24,25)9(26,27)10(28,29)30/h1H. The summed E-state index contributed by atoms with van der Waals surface area (Å²) in [5.74, 6) is -67.9. The number of hydrogen-bond donors (Lipinski definition) is 0. The molecule has 0 rings (SSSR count). The highest BCUT2D eigenvalue weighted by molar-refractivity contribution is 5.17. The van der Waals surface area contributed by atoms with Crippen LogP contribution in [0.2, 0.25) is 0 Å². The maximum Gasteiger partial charge on any atom is 0.460 e. The zero-order valence-electron chi connectivity index (χ0n) is 12.6. The number of alkyl halides is 19. The summed E-state index contributed by atoms with van der Waals surface area (Å²) in [5.41, 5.74) is 0. The van der Waals surface area contributed by atoms with E-state index in [1.165, 1.54) is 0 Å². The third-order valence-corrected chi connectivity index (χ3v) is 3.28. The van der Waals surface area contributed by atoms with Crippen molar-refractivity contribution in [3.8, 4) is 0 Å². The van der Waals surface area contributed by atoms with Gasteiger partial charge in [-0.05, 0) is 0 Å². The van der Waals surface area contributed by atoms with E-state index < -0.39 is 60.2 Å². The van der Waals surface area contributed by atoms with Gasteiger partial charge in [-0.15, -0.1) is 0 Å². The van der Waals surface area contributed by atoms with Crippen LogP contribution in [-0.2, 0) is 0 Å². The lowest BCUT2D eigenvalue weighted by atomic mass is 9.87. The lowest BCUT2D eigenvalue weighted by molar-refractivity contribution is -0.468. The smallest absolute Gasteiger partial charge is 0.237 e. The van der Waals surface area contributed by atoms with Crippen LogP contribution in [0.25, 0.3) is 0 Å². The van der Waals surface area contributed by atoms with Gasteiger partial charge in [0.05, 0.1) is 0 Å². The first kappa shape index (κ1) is 28.6. The van der Waals surface area contributed by atoms with Crippen LogP contribution in [-0.4, -0.2) is 53.6 Å². The quantitative estimate of drug-likeness (QED) is 0.323. The molecule has 0 aliphatic heterocycles. The minimum atomic E-state index is -8.99. The molecule has 0 saturated carbocycles. The Kier molecular flexibility index (Phi) is 6.48. The Morgan fingerprint density at radius 2 is 0.500 bits per heavy atom. The van der Waals surface area contributed by atoms with E-state index in [4.69, 9.17) is 0 Å². The molecule has 0 fully saturated rings. The fourth-order valence-electron chi connectivity index (χ4n) is 1.44. The normalized spacial score (nSPS) is 16.8. The van der Waals surface area contributed by atoms with Gasteiger partial charge < -0.3 is 0 Å². The molecular weight excluding hydrogens is 500 g/mol. The van der Waals surface area contributed by atoms with Crippen molar-refractivity contribution in [1.82, 2.24) is 0 Å². The van der Waals surface area contributed by atoms with Gasteiger partial charge in [0.2, 0.25) is 6.67 Å². The second kappa shape index (κ2) is 6.80. The molecule has 0 aliphatic rings. The Morgan fingerprint density at radius 1 is 0.300 bits per heavy atom. The fourth-order valence-corrected chi connectivity index (χ4v) is 1.44. The Balaban J connectivity index is 6.85. The third-order valence-electron chi connectivity index (χ3n) is 3.28. The number of halogens is 20. The fraction of sp³-hybridized carbons (Fsp3) is 0.900. The van der Waals surface area contributed by atoms with Crippen molar-refractivity contribution >= 4 is 0 Å². The van der Waals surface area contributed by atoms with Gasteiger partial charge in [-0.25, -0.2) is 4.39 Å². The lowest BCUT2D eigenvalue weighted by Gasteiger charge is -2.43. The minimum Gasteiger partial charge on any atom is -0.237 e. The van der Waals surface area contributed by atoms with E-state index in [9.17, 15) is 87.8 Å². The van der Waals surface area contributed by atoms with Crippen molar-refractivity contribution < 1.29 is 87.8 Å². The molecule has 30 heavy (non-hydrogen) atoms. The second-order valence-corrected chi connectivity index (χ2v) is 5.25. The number of rotatable bonds is 8. The summed E-state index contributed by atoms with van der Waals surface area (Å²) in [6, 6.07) is 0. The molecular formula is C10HF20. The van der Waals surface area contributed by atoms with E-state index in [1.54, 1.807) is 0 Å². The molecule has 0 aromatic heterocycles. The summed E-state index contributed by atoms with van der Waals surface area (Å²) in [7, 11) is 0. The van der Waals surface area contributed by atoms with E-state index in [0.29, 0.717) is 0 Å². The Morgan fingerprint density at radius 3 is 0.700 bits per heavy atom. The molecule has 0 nitrogen and oxygen atoms in total. The summed E-state index contributed by atoms with van der Waals surface area (Å²) in [4.78, 5) is 0. The predicted octanol–water partition coefficient (Wildman–Crippen LogP) is 6.76. The molecule has 0 bridgehead atoms. The van der Waals surface area contributed by atoms with Gasteiger partial charge in [0.25, 0.3) is 0 Å². The van der Waals surface area contributed by atoms with Gasteiger partial charge in [-0.2, -0.15) is 83.4 Å². The zero-order chi connectivity index (χ0) is 25.2. The molecule has 0 aromatic carbocycles. The zero-order valence-corrected chi connectivity index (χ0v) is 12.6. The topological polar surface area (TPSA) is 0 Å². The highest BCUT2D eigenvalue weighted by atomic mass is 19.4. The van der Waals surface area contributed by atoms with Crippen molar-refractivity contribution in [3.63, 3.8) is 0 Å². The van der Waals surface area contributed by atoms with Crippen molar-refractivity contribution in [3.05, 3.63) is 6.67 Å². The average Bonchev–Trinajstić information content (AvgIpc) is 2.52. The summed E-state index contributed by atoms with van der Waals surface area (Å²) in [6.45, 7) is -2.83. The van der Waals surface area contributed by atoms with Crippen LogP contribution in [0.5, 0.6) is 0 Å². The molecule has 181 valence electrons. The largest absolute Gasteiger partial charge is 0.460 e. The van der Waals surface area contributed by atoms with Crippen LogP contribution in [0.1, 0.15) is 0 Å².